The van der Waals surface area contributed by atoms with Crippen LogP contribution in [0.1, 0.15) is 24.1 Å². The number of carbonyl (C=O) groups is 1. The van der Waals surface area contributed by atoms with E-state index < -0.39 is 12.0 Å². The van der Waals surface area contributed by atoms with E-state index in [1.54, 1.807) is 10.8 Å². The molecule has 0 bridgehead atoms. The predicted octanol–water partition coefficient (Wildman–Crippen LogP) is 5.72. The van der Waals surface area contributed by atoms with Crippen molar-refractivity contribution >= 4 is 46.2 Å². The fourth-order valence-corrected chi connectivity index (χ4v) is 5.15. The third-order valence-electron chi connectivity index (χ3n) is 5.62. The molecular weight excluding hydrogens is 470 g/mol. The van der Waals surface area contributed by atoms with Crippen LogP contribution in [-0.4, -0.2) is 32.3 Å². The lowest BCUT2D eigenvalue weighted by Gasteiger charge is -2.27. The molecular formula is C25H22ClN5O2S. The number of nitrogens with zero attached hydrogens (tertiary/aromatic N) is 3. The smallest absolute Gasteiger partial charge is 0.338 e. The number of anilines is 1. The first-order chi connectivity index (χ1) is 16.6. The van der Waals surface area contributed by atoms with E-state index in [2.05, 4.69) is 16.9 Å². The SMILES string of the molecule is C=CCOC(=O)C1=C(C)Nc2nc(SCc3ccccc3Cl)nn2C1c1c[nH]c2ccccc12. The molecule has 0 aliphatic carbocycles. The minimum absolute atomic E-state index is 0.124. The van der Waals surface area contributed by atoms with E-state index in [1.807, 2.05) is 61.7 Å². The lowest BCUT2D eigenvalue weighted by atomic mass is 9.95. The number of esters is 1. The maximum Gasteiger partial charge on any atom is 0.338 e. The van der Waals surface area contributed by atoms with Gasteiger partial charge in [-0.1, -0.05) is 72.4 Å². The minimum atomic E-state index is -0.508. The van der Waals surface area contributed by atoms with Gasteiger partial charge in [-0.05, 0) is 24.6 Å². The van der Waals surface area contributed by atoms with Crippen LogP contribution in [0.5, 0.6) is 0 Å². The second-order valence-corrected chi connectivity index (χ2v) is 9.14. The number of aromatic nitrogens is 4. The normalized spacial score (nSPS) is 15.2. The number of ether oxygens (including phenoxy) is 1. The Balaban J connectivity index is 1.55. The second kappa shape index (κ2) is 9.40. The highest BCUT2D eigenvalue weighted by Gasteiger charge is 2.36. The average Bonchev–Trinajstić information content (AvgIpc) is 3.45. The van der Waals surface area contributed by atoms with Gasteiger partial charge in [0.1, 0.15) is 12.6 Å². The first-order valence-electron chi connectivity index (χ1n) is 10.7. The third kappa shape index (κ3) is 4.10. The van der Waals surface area contributed by atoms with Crippen LogP contribution in [0.2, 0.25) is 5.02 Å². The van der Waals surface area contributed by atoms with Crippen molar-refractivity contribution in [2.75, 3.05) is 11.9 Å². The number of fused-ring (bicyclic) bond motifs is 2. The van der Waals surface area contributed by atoms with Gasteiger partial charge in [0.15, 0.2) is 0 Å². The summed E-state index contributed by atoms with van der Waals surface area (Å²) < 4.78 is 7.19. The third-order valence-corrected chi connectivity index (χ3v) is 6.87. The van der Waals surface area contributed by atoms with Gasteiger partial charge in [-0.2, -0.15) is 4.98 Å². The highest BCUT2D eigenvalue weighted by Crippen LogP contribution is 2.39. The summed E-state index contributed by atoms with van der Waals surface area (Å²) in [4.78, 5) is 21.1. The first kappa shape index (κ1) is 22.3. The van der Waals surface area contributed by atoms with Crippen LogP contribution in [0.15, 0.2) is 83.8 Å². The molecule has 1 aliphatic heterocycles. The number of allylic oxidation sites excluding steroid dienone is 1. The number of rotatable bonds is 7. The number of hydrogen-bond donors (Lipinski definition) is 2. The molecule has 0 spiro atoms. The Morgan fingerprint density at radius 1 is 1.26 bits per heavy atom. The number of H-pyrrole nitrogens is 1. The molecule has 3 heterocycles. The van der Waals surface area contributed by atoms with Gasteiger partial charge in [0, 0.05) is 39.1 Å². The lowest BCUT2D eigenvalue weighted by Crippen LogP contribution is -2.29. The monoisotopic (exact) mass is 491 g/mol. The molecule has 172 valence electrons. The van der Waals surface area contributed by atoms with Crippen molar-refractivity contribution in [2.45, 2.75) is 23.9 Å². The summed E-state index contributed by atoms with van der Waals surface area (Å²) in [6.07, 6.45) is 3.46. The molecule has 1 unspecified atom stereocenters. The van der Waals surface area contributed by atoms with E-state index in [4.69, 9.17) is 26.4 Å². The molecule has 1 atom stereocenters. The van der Waals surface area contributed by atoms with Crippen LogP contribution in [-0.2, 0) is 15.3 Å². The largest absolute Gasteiger partial charge is 0.458 e. The molecule has 0 fully saturated rings. The maximum absolute atomic E-state index is 13.1. The van der Waals surface area contributed by atoms with Gasteiger partial charge >= 0.3 is 5.97 Å². The van der Waals surface area contributed by atoms with Gasteiger partial charge < -0.3 is 15.0 Å². The molecule has 9 heteroatoms. The molecule has 0 saturated carbocycles. The van der Waals surface area contributed by atoms with Crippen LogP contribution in [0, 0.1) is 0 Å². The molecule has 0 saturated heterocycles. The van der Waals surface area contributed by atoms with Crippen LogP contribution in [0.4, 0.5) is 5.95 Å². The van der Waals surface area contributed by atoms with Crippen molar-refractivity contribution in [2.24, 2.45) is 0 Å². The standard InChI is InChI=1S/C25H22ClN5O2S/c1-3-12-33-23(32)21-15(2)28-24-29-25(34-14-16-8-4-6-10-19(16)26)30-31(24)22(21)18-13-27-20-11-7-5-9-17(18)20/h3-11,13,22,27H,1,12,14H2,2H3,(H,28,29,30). The van der Waals surface area contributed by atoms with E-state index in [0.29, 0.717) is 33.2 Å². The molecule has 0 amide bonds. The Bertz CT molecular complexity index is 1420. The van der Waals surface area contributed by atoms with Crippen molar-refractivity contribution in [3.05, 3.63) is 94.8 Å². The van der Waals surface area contributed by atoms with Crippen molar-refractivity contribution in [3.63, 3.8) is 0 Å². The molecule has 1 aliphatic rings. The predicted molar refractivity (Wildman–Crippen MR) is 135 cm³/mol. The first-order valence-corrected chi connectivity index (χ1v) is 12.1. The summed E-state index contributed by atoms with van der Waals surface area (Å²) in [5.41, 5.74) is 4.04. The fourth-order valence-electron chi connectivity index (χ4n) is 4.03. The number of para-hydroxylation sites is 1. The number of benzene rings is 2. The minimum Gasteiger partial charge on any atom is -0.458 e. The summed E-state index contributed by atoms with van der Waals surface area (Å²) in [6, 6.07) is 15.2. The van der Waals surface area contributed by atoms with Gasteiger partial charge in [0.05, 0.1) is 5.57 Å². The van der Waals surface area contributed by atoms with E-state index in [1.165, 1.54) is 11.8 Å². The zero-order valence-corrected chi connectivity index (χ0v) is 20.0. The number of nitrogens with one attached hydrogen (secondary N) is 2. The molecule has 0 radical (unpaired) electrons. The van der Waals surface area contributed by atoms with E-state index in [9.17, 15) is 4.79 Å². The summed E-state index contributed by atoms with van der Waals surface area (Å²) in [5, 5.41) is 10.3. The Labute approximate surface area is 205 Å². The van der Waals surface area contributed by atoms with Gasteiger partial charge in [0.2, 0.25) is 11.1 Å². The van der Waals surface area contributed by atoms with E-state index in [-0.39, 0.29) is 6.61 Å². The Morgan fingerprint density at radius 3 is 2.88 bits per heavy atom. The molecule has 4 aromatic rings. The van der Waals surface area contributed by atoms with Gasteiger partial charge in [-0.3, -0.25) is 0 Å². The second-order valence-electron chi connectivity index (χ2n) is 7.79. The average molecular weight is 492 g/mol. The van der Waals surface area contributed by atoms with Crippen molar-refractivity contribution in [3.8, 4) is 0 Å². The summed E-state index contributed by atoms with van der Waals surface area (Å²) in [5.74, 6) is 0.767. The molecule has 2 aromatic heterocycles. The Morgan fingerprint density at radius 2 is 2.06 bits per heavy atom. The Kier molecular flexibility index (Phi) is 6.17. The van der Waals surface area contributed by atoms with E-state index in [0.717, 1.165) is 22.0 Å². The quantitative estimate of drug-likeness (QED) is 0.195. The Hall–Kier alpha value is -3.49. The van der Waals surface area contributed by atoms with Gasteiger partial charge in [-0.25, -0.2) is 9.48 Å². The van der Waals surface area contributed by atoms with Crippen molar-refractivity contribution in [1.29, 1.82) is 0 Å². The van der Waals surface area contributed by atoms with Crippen molar-refractivity contribution < 1.29 is 9.53 Å². The van der Waals surface area contributed by atoms with Crippen LogP contribution < -0.4 is 5.32 Å². The lowest BCUT2D eigenvalue weighted by molar-refractivity contribution is -0.138. The van der Waals surface area contributed by atoms with Crippen LogP contribution in [0.3, 0.4) is 0 Å². The number of thioether (sulfide) groups is 1. The number of carbonyl (C=O) groups excluding carboxylic acids is 1. The van der Waals surface area contributed by atoms with Crippen LogP contribution >= 0.6 is 23.4 Å². The molecule has 34 heavy (non-hydrogen) atoms. The van der Waals surface area contributed by atoms with E-state index >= 15 is 0 Å². The van der Waals surface area contributed by atoms with Gasteiger partial charge in [-0.15, -0.1) is 5.10 Å². The number of aromatic amines is 1. The fraction of sp³-hybridized carbons (Fsp3) is 0.160. The topological polar surface area (TPSA) is 84.8 Å². The molecule has 2 N–H and O–H groups in total. The highest BCUT2D eigenvalue weighted by atomic mass is 35.5. The maximum atomic E-state index is 13.1. The molecule has 5 rings (SSSR count). The number of halogens is 1. The molecule has 2 aromatic carbocycles. The molecule has 7 nitrogen and oxygen atoms in total. The van der Waals surface area contributed by atoms with Crippen molar-refractivity contribution in [1.82, 2.24) is 19.7 Å². The van der Waals surface area contributed by atoms with Crippen LogP contribution in [0.25, 0.3) is 10.9 Å². The zero-order valence-electron chi connectivity index (χ0n) is 18.4. The number of hydrogen-bond acceptors (Lipinski definition) is 6. The summed E-state index contributed by atoms with van der Waals surface area (Å²) in [7, 11) is 0. The summed E-state index contributed by atoms with van der Waals surface area (Å²) in [6.45, 7) is 5.62. The summed E-state index contributed by atoms with van der Waals surface area (Å²) >= 11 is 7.80. The van der Waals surface area contributed by atoms with Gasteiger partial charge in [0.25, 0.3) is 0 Å². The zero-order chi connectivity index (χ0) is 23.7. The highest BCUT2D eigenvalue weighted by molar-refractivity contribution is 7.98.